The summed E-state index contributed by atoms with van der Waals surface area (Å²) in [5, 5.41) is 10.3. The number of aryl methyl sites for hydroxylation is 1. The number of amides is 1. The number of nitrogens with one attached hydrogen (secondary N) is 2. The van der Waals surface area contributed by atoms with Gasteiger partial charge in [0.25, 0.3) is 5.91 Å². The molecule has 0 unspecified atom stereocenters. The second-order valence-electron chi connectivity index (χ2n) is 5.89. The molecular formula is C14H16F3N5O2. The van der Waals surface area contributed by atoms with Gasteiger partial charge in [-0.15, -0.1) is 10.2 Å². The van der Waals surface area contributed by atoms with E-state index in [0.29, 0.717) is 31.0 Å². The van der Waals surface area contributed by atoms with Gasteiger partial charge in [-0.25, -0.2) is 4.98 Å². The van der Waals surface area contributed by atoms with Crippen molar-refractivity contribution in [1.82, 2.24) is 25.5 Å². The first-order valence-corrected chi connectivity index (χ1v) is 7.53. The third-order valence-corrected chi connectivity index (χ3v) is 4.05. The van der Waals surface area contributed by atoms with Crippen LogP contribution in [0.1, 0.15) is 47.2 Å². The van der Waals surface area contributed by atoms with Crippen LogP contribution in [-0.2, 0) is 12.6 Å². The molecule has 1 fully saturated rings. The number of H-pyrrole nitrogens is 1. The van der Waals surface area contributed by atoms with E-state index in [1.165, 1.54) is 0 Å². The Kier molecular flexibility index (Phi) is 4.29. The van der Waals surface area contributed by atoms with Crippen molar-refractivity contribution in [3.63, 3.8) is 0 Å². The molecule has 24 heavy (non-hydrogen) atoms. The maximum Gasteiger partial charge on any atom is 0.433 e. The molecule has 2 N–H and O–H groups in total. The fraction of sp³-hybridized carbons (Fsp3) is 0.571. The number of carbonyl (C=O) groups is 1. The highest BCUT2D eigenvalue weighted by atomic mass is 19.4. The number of halogens is 3. The highest BCUT2D eigenvalue weighted by Crippen LogP contribution is 2.31. The zero-order chi connectivity index (χ0) is 17.3. The number of hydrogen-bond donors (Lipinski definition) is 2. The number of hydrogen-bond acceptors (Lipinski definition) is 5. The minimum absolute atomic E-state index is 0.190. The Hall–Kier alpha value is -2.39. The highest BCUT2D eigenvalue weighted by molar-refractivity contribution is 5.93. The van der Waals surface area contributed by atoms with Gasteiger partial charge in [0.05, 0.1) is 6.33 Å². The smallest absolute Gasteiger partial charge is 0.426 e. The molecule has 0 spiro atoms. The Morgan fingerprint density at radius 1 is 1.42 bits per heavy atom. The summed E-state index contributed by atoms with van der Waals surface area (Å²) < 4.78 is 43.7. The molecule has 0 aliphatic heterocycles. The first-order valence-electron chi connectivity index (χ1n) is 7.53. The Labute approximate surface area is 135 Å². The van der Waals surface area contributed by atoms with E-state index in [1.54, 1.807) is 6.92 Å². The molecule has 2 heterocycles. The molecule has 0 saturated heterocycles. The largest absolute Gasteiger partial charge is 0.433 e. The standard InChI is InChI=1S/C14H16F3N5O2/c1-7-21-22-10(24-7)5-8-2-3-9(4-8)20-13(23)11-12(14(15,16)17)19-6-18-11/h6,8-9H,2-5H2,1H3,(H,18,19)(H,20,23)/t8-,9+/m1/s1. The summed E-state index contributed by atoms with van der Waals surface area (Å²) in [7, 11) is 0. The first kappa shape index (κ1) is 16.5. The van der Waals surface area contributed by atoms with Crippen molar-refractivity contribution in [2.45, 2.75) is 44.8 Å². The van der Waals surface area contributed by atoms with E-state index < -0.39 is 23.5 Å². The molecule has 0 aromatic carbocycles. The average Bonchev–Trinajstić information content (AvgIpc) is 3.19. The molecule has 0 bridgehead atoms. The van der Waals surface area contributed by atoms with Crippen LogP contribution < -0.4 is 5.32 Å². The molecule has 3 rings (SSSR count). The number of imidazole rings is 1. The lowest BCUT2D eigenvalue weighted by atomic mass is 10.0. The number of nitrogens with zero attached hydrogens (tertiary/aromatic N) is 3. The SMILES string of the molecule is Cc1nnc(C[C@@H]2CC[C@H](NC(=O)c3nc[nH]c3C(F)(F)F)C2)o1. The first-order chi connectivity index (χ1) is 11.3. The minimum atomic E-state index is -4.64. The lowest BCUT2D eigenvalue weighted by Gasteiger charge is -2.13. The predicted octanol–water partition coefficient (Wildman–Crippen LogP) is 2.26. The molecule has 0 radical (unpaired) electrons. The van der Waals surface area contributed by atoms with Gasteiger partial charge in [0.2, 0.25) is 11.8 Å². The van der Waals surface area contributed by atoms with Crippen molar-refractivity contribution in [2.75, 3.05) is 0 Å². The van der Waals surface area contributed by atoms with Gasteiger partial charge in [0, 0.05) is 19.4 Å². The van der Waals surface area contributed by atoms with Crippen molar-refractivity contribution < 1.29 is 22.4 Å². The van der Waals surface area contributed by atoms with Crippen molar-refractivity contribution >= 4 is 5.91 Å². The van der Waals surface area contributed by atoms with Crippen LogP contribution in [0.25, 0.3) is 0 Å². The van der Waals surface area contributed by atoms with Gasteiger partial charge < -0.3 is 14.7 Å². The fourth-order valence-corrected chi connectivity index (χ4v) is 2.99. The van der Waals surface area contributed by atoms with Crippen molar-refractivity contribution in [3.8, 4) is 0 Å². The van der Waals surface area contributed by atoms with Crippen LogP contribution >= 0.6 is 0 Å². The lowest BCUT2D eigenvalue weighted by molar-refractivity contribution is -0.141. The fourth-order valence-electron chi connectivity index (χ4n) is 2.99. The van der Waals surface area contributed by atoms with Gasteiger partial charge in [-0.1, -0.05) is 0 Å². The molecule has 7 nitrogen and oxygen atoms in total. The van der Waals surface area contributed by atoms with E-state index in [1.807, 2.05) is 4.98 Å². The lowest BCUT2D eigenvalue weighted by Crippen LogP contribution is -2.34. The van der Waals surface area contributed by atoms with E-state index >= 15 is 0 Å². The Morgan fingerprint density at radius 2 is 2.21 bits per heavy atom. The van der Waals surface area contributed by atoms with Gasteiger partial charge in [-0.05, 0) is 25.2 Å². The second kappa shape index (κ2) is 6.25. The maximum absolute atomic E-state index is 12.8. The summed E-state index contributed by atoms with van der Waals surface area (Å²) in [6.07, 6.45) is -0.999. The van der Waals surface area contributed by atoms with Gasteiger partial charge in [-0.2, -0.15) is 13.2 Å². The van der Waals surface area contributed by atoms with Crippen LogP contribution in [0.5, 0.6) is 0 Å². The summed E-state index contributed by atoms with van der Waals surface area (Å²) in [4.78, 5) is 17.5. The predicted molar refractivity (Wildman–Crippen MR) is 74.9 cm³/mol. The number of aromatic nitrogens is 4. The minimum Gasteiger partial charge on any atom is -0.426 e. The Bertz CT molecular complexity index is 724. The van der Waals surface area contributed by atoms with E-state index in [0.717, 1.165) is 12.7 Å². The summed E-state index contributed by atoms with van der Waals surface area (Å²) in [5.41, 5.74) is -1.76. The van der Waals surface area contributed by atoms with E-state index in [2.05, 4.69) is 20.5 Å². The Morgan fingerprint density at radius 3 is 2.88 bits per heavy atom. The highest BCUT2D eigenvalue weighted by Gasteiger charge is 2.38. The molecule has 2 atom stereocenters. The van der Waals surface area contributed by atoms with Crippen LogP contribution in [-0.4, -0.2) is 32.1 Å². The molecule has 10 heteroatoms. The van der Waals surface area contributed by atoms with Gasteiger partial charge in [0.1, 0.15) is 0 Å². The van der Waals surface area contributed by atoms with Crippen molar-refractivity contribution in [1.29, 1.82) is 0 Å². The van der Waals surface area contributed by atoms with Crippen LogP contribution in [0.4, 0.5) is 13.2 Å². The van der Waals surface area contributed by atoms with Crippen LogP contribution in [0.2, 0.25) is 0 Å². The third kappa shape index (κ3) is 3.57. The molecule has 1 aliphatic rings. The average molecular weight is 343 g/mol. The molecule has 130 valence electrons. The molecule has 2 aromatic heterocycles. The van der Waals surface area contributed by atoms with Gasteiger partial charge >= 0.3 is 6.18 Å². The van der Waals surface area contributed by atoms with Gasteiger partial charge in [0.15, 0.2) is 11.4 Å². The summed E-state index contributed by atoms with van der Waals surface area (Å²) >= 11 is 0. The van der Waals surface area contributed by atoms with Gasteiger partial charge in [-0.3, -0.25) is 4.79 Å². The molecule has 1 aliphatic carbocycles. The van der Waals surface area contributed by atoms with E-state index in [-0.39, 0.29) is 12.0 Å². The second-order valence-corrected chi connectivity index (χ2v) is 5.89. The summed E-state index contributed by atoms with van der Waals surface area (Å²) in [5.74, 6) is 0.460. The zero-order valence-electron chi connectivity index (χ0n) is 12.9. The number of rotatable bonds is 4. The summed E-state index contributed by atoms with van der Waals surface area (Å²) in [6, 6.07) is -0.190. The van der Waals surface area contributed by atoms with Crippen molar-refractivity contribution in [2.24, 2.45) is 5.92 Å². The molecule has 1 amide bonds. The van der Waals surface area contributed by atoms with Crippen molar-refractivity contribution in [3.05, 3.63) is 29.5 Å². The molecule has 1 saturated carbocycles. The topological polar surface area (TPSA) is 96.7 Å². The number of carbonyl (C=O) groups excluding carboxylic acids is 1. The zero-order valence-corrected chi connectivity index (χ0v) is 12.9. The van der Waals surface area contributed by atoms with Crippen LogP contribution in [0.3, 0.4) is 0 Å². The maximum atomic E-state index is 12.8. The summed E-state index contributed by atoms with van der Waals surface area (Å²) in [6.45, 7) is 1.70. The Balaban J connectivity index is 1.57. The van der Waals surface area contributed by atoms with E-state index in [4.69, 9.17) is 4.42 Å². The quantitative estimate of drug-likeness (QED) is 0.888. The molecular weight excluding hydrogens is 327 g/mol. The monoisotopic (exact) mass is 343 g/mol. The van der Waals surface area contributed by atoms with Crippen LogP contribution in [0.15, 0.2) is 10.7 Å². The third-order valence-electron chi connectivity index (χ3n) is 4.05. The van der Waals surface area contributed by atoms with Crippen LogP contribution in [0, 0.1) is 12.8 Å². The normalized spacial score (nSPS) is 21.2. The number of aromatic amines is 1. The van der Waals surface area contributed by atoms with E-state index in [9.17, 15) is 18.0 Å². The number of alkyl halides is 3. The molecule has 2 aromatic rings.